The maximum absolute atomic E-state index is 5.95. The Hall–Kier alpha value is -1.32. The lowest BCUT2D eigenvalue weighted by atomic mass is 10.2. The van der Waals surface area contributed by atoms with E-state index in [0.717, 1.165) is 29.6 Å². The normalized spacial score (nSPS) is 11.1. The monoisotopic (exact) mass is 250 g/mol. The van der Waals surface area contributed by atoms with Gasteiger partial charge in [0.25, 0.3) is 0 Å². The molecule has 0 saturated heterocycles. The first-order valence-electron chi connectivity index (χ1n) is 5.48. The Morgan fingerprint density at radius 2 is 2.12 bits per heavy atom. The Morgan fingerprint density at radius 3 is 2.76 bits per heavy atom. The first-order chi connectivity index (χ1) is 8.13. The molecule has 4 heteroatoms. The highest BCUT2D eigenvalue weighted by Crippen LogP contribution is 2.13. The van der Waals surface area contributed by atoms with E-state index in [4.69, 9.17) is 16.1 Å². The third-order valence-electron chi connectivity index (χ3n) is 2.45. The molecule has 1 heterocycles. The quantitative estimate of drug-likeness (QED) is 0.834. The summed E-state index contributed by atoms with van der Waals surface area (Å²) < 4.78 is 5.04. The lowest BCUT2D eigenvalue weighted by Crippen LogP contribution is -2.17. The highest BCUT2D eigenvalue weighted by atomic mass is 35.5. The fraction of sp³-hybridized carbons (Fsp3) is 0.308. The molecule has 1 aromatic carbocycles. The number of rotatable bonds is 4. The van der Waals surface area contributed by atoms with Crippen molar-refractivity contribution < 1.29 is 4.52 Å². The fourth-order valence-corrected chi connectivity index (χ4v) is 1.98. The van der Waals surface area contributed by atoms with Crippen LogP contribution >= 0.6 is 11.6 Å². The summed E-state index contributed by atoms with van der Waals surface area (Å²) in [6, 6.07) is 9.84. The van der Waals surface area contributed by atoms with Crippen molar-refractivity contribution in [3.05, 3.63) is 52.4 Å². The second-order valence-corrected chi connectivity index (χ2v) is 4.67. The van der Waals surface area contributed by atoms with Crippen molar-refractivity contribution in [2.75, 3.05) is 7.05 Å². The summed E-state index contributed by atoms with van der Waals surface area (Å²) in [5.74, 6) is 0.844. The van der Waals surface area contributed by atoms with Gasteiger partial charge in [-0.15, -0.1) is 0 Å². The molecule has 3 nitrogen and oxygen atoms in total. The molecule has 0 aliphatic heterocycles. The van der Waals surface area contributed by atoms with Gasteiger partial charge in [-0.2, -0.15) is 0 Å². The second kappa shape index (κ2) is 5.34. The number of nitrogens with zero attached hydrogens (tertiary/aromatic N) is 2. The van der Waals surface area contributed by atoms with E-state index in [-0.39, 0.29) is 0 Å². The van der Waals surface area contributed by atoms with Crippen molar-refractivity contribution in [3.8, 4) is 0 Å². The Labute approximate surface area is 106 Å². The summed E-state index contributed by atoms with van der Waals surface area (Å²) in [4.78, 5) is 2.17. The summed E-state index contributed by atoms with van der Waals surface area (Å²) in [6.07, 6.45) is 0. The zero-order valence-corrected chi connectivity index (χ0v) is 10.7. The van der Waals surface area contributed by atoms with Gasteiger partial charge < -0.3 is 4.52 Å². The van der Waals surface area contributed by atoms with Gasteiger partial charge in [0, 0.05) is 24.2 Å². The second-order valence-electron chi connectivity index (χ2n) is 4.23. The molecular weight excluding hydrogens is 236 g/mol. The number of hydrogen-bond acceptors (Lipinski definition) is 3. The molecular formula is C13H15ClN2O. The van der Waals surface area contributed by atoms with Crippen molar-refractivity contribution in [3.63, 3.8) is 0 Å². The van der Waals surface area contributed by atoms with Crippen molar-refractivity contribution >= 4 is 11.6 Å². The van der Waals surface area contributed by atoms with Gasteiger partial charge in [0.15, 0.2) is 0 Å². The van der Waals surface area contributed by atoms with Crippen LogP contribution < -0.4 is 0 Å². The van der Waals surface area contributed by atoms with Gasteiger partial charge in [0.05, 0.1) is 5.69 Å². The number of aryl methyl sites for hydroxylation is 1. The van der Waals surface area contributed by atoms with Gasteiger partial charge in [-0.3, -0.25) is 4.90 Å². The van der Waals surface area contributed by atoms with Crippen LogP contribution in [0, 0.1) is 6.92 Å². The number of halogens is 1. The lowest BCUT2D eigenvalue weighted by Gasteiger charge is -2.14. The van der Waals surface area contributed by atoms with Crippen molar-refractivity contribution in [2.45, 2.75) is 20.0 Å². The molecule has 0 fully saturated rings. The van der Waals surface area contributed by atoms with Crippen LogP contribution in [-0.2, 0) is 13.1 Å². The Balaban J connectivity index is 1.95. The van der Waals surface area contributed by atoms with E-state index in [2.05, 4.69) is 16.1 Å². The van der Waals surface area contributed by atoms with Crippen molar-refractivity contribution in [2.24, 2.45) is 0 Å². The maximum Gasteiger partial charge on any atom is 0.133 e. The molecule has 2 aromatic rings. The molecule has 0 aliphatic carbocycles. The third-order valence-corrected chi connectivity index (χ3v) is 2.69. The summed E-state index contributed by atoms with van der Waals surface area (Å²) >= 11 is 5.95. The minimum absolute atomic E-state index is 0.768. The molecule has 0 atom stereocenters. The van der Waals surface area contributed by atoms with Crippen molar-refractivity contribution in [1.29, 1.82) is 0 Å². The summed E-state index contributed by atoms with van der Waals surface area (Å²) in [7, 11) is 2.05. The first-order valence-corrected chi connectivity index (χ1v) is 5.86. The average Bonchev–Trinajstić information content (AvgIpc) is 2.63. The fourth-order valence-electron chi connectivity index (χ4n) is 1.77. The van der Waals surface area contributed by atoms with Crippen LogP contribution in [0.4, 0.5) is 0 Å². The minimum Gasteiger partial charge on any atom is -0.361 e. The summed E-state index contributed by atoms with van der Waals surface area (Å²) in [5.41, 5.74) is 2.15. The number of aromatic nitrogens is 1. The highest BCUT2D eigenvalue weighted by molar-refractivity contribution is 6.30. The summed E-state index contributed by atoms with van der Waals surface area (Å²) in [6.45, 7) is 3.50. The molecule has 0 amide bonds. The smallest absolute Gasteiger partial charge is 0.133 e. The van der Waals surface area contributed by atoms with Crippen LogP contribution in [0.5, 0.6) is 0 Å². The van der Waals surface area contributed by atoms with Gasteiger partial charge in [-0.05, 0) is 31.7 Å². The zero-order valence-electron chi connectivity index (χ0n) is 9.98. The molecule has 2 rings (SSSR count). The molecule has 90 valence electrons. The Morgan fingerprint density at radius 1 is 1.29 bits per heavy atom. The maximum atomic E-state index is 5.95. The topological polar surface area (TPSA) is 29.3 Å². The van der Waals surface area contributed by atoms with E-state index in [9.17, 15) is 0 Å². The van der Waals surface area contributed by atoms with Crippen LogP contribution in [0.1, 0.15) is 17.0 Å². The van der Waals surface area contributed by atoms with Crippen LogP contribution in [0.3, 0.4) is 0 Å². The molecule has 0 radical (unpaired) electrons. The van der Waals surface area contributed by atoms with E-state index in [1.54, 1.807) is 0 Å². The van der Waals surface area contributed by atoms with E-state index in [1.807, 2.05) is 38.2 Å². The summed E-state index contributed by atoms with van der Waals surface area (Å²) in [5, 5.41) is 4.74. The molecule has 1 aromatic heterocycles. The lowest BCUT2D eigenvalue weighted by molar-refractivity contribution is 0.302. The predicted molar refractivity (Wildman–Crippen MR) is 67.9 cm³/mol. The largest absolute Gasteiger partial charge is 0.361 e. The van der Waals surface area contributed by atoms with E-state index in [1.165, 1.54) is 5.56 Å². The molecule has 0 unspecified atom stereocenters. The Kier molecular flexibility index (Phi) is 3.82. The predicted octanol–water partition coefficient (Wildman–Crippen LogP) is 3.27. The van der Waals surface area contributed by atoms with Gasteiger partial charge in [0.1, 0.15) is 5.76 Å². The van der Waals surface area contributed by atoms with Gasteiger partial charge in [0.2, 0.25) is 0 Å². The minimum atomic E-state index is 0.768. The zero-order chi connectivity index (χ0) is 12.3. The molecule has 0 N–H and O–H groups in total. The Bertz CT molecular complexity index is 496. The number of benzene rings is 1. The van der Waals surface area contributed by atoms with Gasteiger partial charge >= 0.3 is 0 Å². The SMILES string of the molecule is Cc1cc(CN(C)Cc2cccc(Cl)c2)no1. The molecule has 0 bridgehead atoms. The average molecular weight is 251 g/mol. The van der Waals surface area contributed by atoms with Gasteiger partial charge in [-0.1, -0.05) is 28.9 Å². The molecule has 0 spiro atoms. The van der Waals surface area contributed by atoms with Crippen molar-refractivity contribution in [1.82, 2.24) is 10.1 Å². The van der Waals surface area contributed by atoms with Crippen LogP contribution in [0.2, 0.25) is 5.02 Å². The number of hydrogen-bond donors (Lipinski definition) is 0. The molecule has 0 aliphatic rings. The van der Waals surface area contributed by atoms with Crippen LogP contribution in [0.25, 0.3) is 0 Å². The standard InChI is InChI=1S/C13H15ClN2O/c1-10-6-13(15-17-10)9-16(2)8-11-4-3-5-12(14)7-11/h3-7H,8-9H2,1-2H3. The van der Waals surface area contributed by atoms with Crippen LogP contribution in [-0.4, -0.2) is 17.1 Å². The van der Waals surface area contributed by atoms with E-state index in [0.29, 0.717) is 0 Å². The molecule has 0 saturated carbocycles. The van der Waals surface area contributed by atoms with Gasteiger partial charge in [-0.25, -0.2) is 0 Å². The first kappa shape index (κ1) is 12.1. The third kappa shape index (κ3) is 3.58. The highest BCUT2D eigenvalue weighted by Gasteiger charge is 2.05. The van der Waals surface area contributed by atoms with E-state index >= 15 is 0 Å². The van der Waals surface area contributed by atoms with Crippen LogP contribution in [0.15, 0.2) is 34.9 Å². The molecule has 17 heavy (non-hydrogen) atoms. The van der Waals surface area contributed by atoms with E-state index < -0.39 is 0 Å².